The lowest BCUT2D eigenvalue weighted by molar-refractivity contribution is 0.0541. The molecular weight excluding hydrogens is 430 g/mol. The zero-order chi connectivity index (χ0) is 23.5. The van der Waals surface area contributed by atoms with Crippen molar-refractivity contribution in [2.45, 2.75) is 39.7 Å². The van der Waals surface area contributed by atoms with Gasteiger partial charge in [0.1, 0.15) is 5.60 Å². The molecule has 0 spiro atoms. The maximum absolute atomic E-state index is 13.3. The van der Waals surface area contributed by atoms with E-state index in [0.717, 1.165) is 9.87 Å². The summed E-state index contributed by atoms with van der Waals surface area (Å²) in [4.78, 5) is 15.8. The van der Waals surface area contributed by atoms with Gasteiger partial charge in [0.15, 0.2) is 0 Å². The molecule has 0 radical (unpaired) electrons. The molecule has 0 aliphatic carbocycles. The Morgan fingerprint density at radius 2 is 1.75 bits per heavy atom. The van der Waals surface area contributed by atoms with Gasteiger partial charge >= 0.3 is 16.3 Å². The zero-order valence-electron chi connectivity index (χ0n) is 18.4. The summed E-state index contributed by atoms with van der Waals surface area (Å²) in [5.74, 6) is 0. The molecule has 0 saturated carbocycles. The smallest absolute Gasteiger partial charge is 0.419 e. The number of hydrogen-bond donors (Lipinski definition) is 0. The van der Waals surface area contributed by atoms with E-state index in [1.165, 1.54) is 4.57 Å². The Hall–Kier alpha value is -3.49. The fourth-order valence-corrected chi connectivity index (χ4v) is 4.49. The third kappa shape index (κ3) is 4.71. The number of azide groups is 1. The second kappa shape index (κ2) is 8.94. The Kier molecular flexibility index (Phi) is 6.47. The first-order valence-corrected chi connectivity index (χ1v) is 11.5. The Balaban J connectivity index is 2.38. The van der Waals surface area contributed by atoms with Crippen LogP contribution in [0, 0.1) is 0 Å². The lowest BCUT2D eigenvalue weighted by Crippen LogP contribution is -2.31. The highest BCUT2D eigenvalue weighted by Crippen LogP contribution is 2.37. The number of para-hydroxylation sites is 1. The lowest BCUT2D eigenvalue weighted by Gasteiger charge is -2.23. The summed E-state index contributed by atoms with van der Waals surface area (Å²) < 4.78 is 36.7. The van der Waals surface area contributed by atoms with Gasteiger partial charge in [-0.1, -0.05) is 48.5 Å². The third-order valence-corrected chi connectivity index (χ3v) is 5.97. The van der Waals surface area contributed by atoms with E-state index < -0.39 is 21.9 Å². The number of rotatable bonds is 6. The van der Waals surface area contributed by atoms with Crippen LogP contribution in [-0.4, -0.2) is 31.2 Å². The number of anilines is 1. The first-order valence-electron chi connectivity index (χ1n) is 10.1. The van der Waals surface area contributed by atoms with E-state index in [4.69, 9.17) is 10.3 Å². The second-order valence-electron chi connectivity index (χ2n) is 8.10. The SMILES string of the molecule is CCN(c1c(Cc2ccccc2)n(C(=O)OC(C)(C)C)c2ccccc12)S(=O)(=O)N=[N+]=[N-]. The van der Waals surface area contributed by atoms with Crippen molar-refractivity contribution in [2.75, 3.05) is 10.8 Å². The second-order valence-corrected chi connectivity index (χ2v) is 9.60. The number of nitrogens with zero attached hydrogens (tertiary/aromatic N) is 5. The predicted octanol–water partition coefficient (Wildman–Crippen LogP) is 5.40. The fraction of sp³-hybridized carbons (Fsp3) is 0.318. The number of carbonyl (C=O) groups is 1. The summed E-state index contributed by atoms with van der Waals surface area (Å²) >= 11 is 0. The average Bonchev–Trinajstić information content (AvgIpc) is 3.02. The third-order valence-electron chi connectivity index (χ3n) is 4.69. The highest BCUT2D eigenvalue weighted by atomic mass is 32.2. The summed E-state index contributed by atoms with van der Waals surface area (Å²) in [6.07, 6.45) is -0.366. The van der Waals surface area contributed by atoms with E-state index in [1.54, 1.807) is 52.0 Å². The molecule has 168 valence electrons. The van der Waals surface area contributed by atoms with Crippen molar-refractivity contribution in [3.05, 3.63) is 76.3 Å². The summed E-state index contributed by atoms with van der Waals surface area (Å²) in [6, 6.07) is 16.4. The van der Waals surface area contributed by atoms with Gasteiger partial charge in [-0.3, -0.25) is 4.31 Å². The number of aromatic nitrogens is 1. The molecule has 1 aromatic heterocycles. The molecule has 1 heterocycles. The molecule has 10 heteroatoms. The zero-order valence-corrected chi connectivity index (χ0v) is 19.2. The first kappa shape index (κ1) is 23.2. The molecule has 0 unspecified atom stereocenters. The van der Waals surface area contributed by atoms with Crippen molar-refractivity contribution in [1.82, 2.24) is 4.57 Å². The van der Waals surface area contributed by atoms with E-state index in [9.17, 15) is 13.2 Å². The van der Waals surface area contributed by atoms with Gasteiger partial charge in [-0.25, -0.2) is 9.36 Å². The minimum absolute atomic E-state index is 0.00543. The number of benzene rings is 2. The van der Waals surface area contributed by atoms with Crippen LogP contribution in [0.25, 0.3) is 21.3 Å². The first-order chi connectivity index (χ1) is 15.1. The van der Waals surface area contributed by atoms with Crippen molar-refractivity contribution < 1.29 is 17.9 Å². The highest BCUT2D eigenvalue weighted by Gasteiger charge is 2.31. The maximum Gasteiger partial charge on any atom is 0.419 e. The normalized spacial score (nSPS) is 11.8. The molecule has 9 nitrogen and oxygen atoms in total. The van der Waals surface area contributed by atoms with Gasteiger partial charge in [0.2, 0.25) is 0 Å². The van der Waals surface area contributed by atoms with E-state index in [1.807, 2.05) is 30.3 Å². The average molecular weight is 456 g/mol. The van der Waals surface area contributed by atoms with E-state index in [0.29, 0.717) is 16.6 Å². The number of ether oxygens (including phenoxy) is 1. The summed E-state index contributed by atoms with van der Waals surface area (Å²) in [7, 11) is -4.35. The largest absolute Gasteiger partial charge is 0.443 e. The molecule has 3 rings (SSSR count). The number of fused-ring (bicyclic) bond motifs is 1. The molecule has 0 atom stereocenters. The van der Waals surface area contributed by atoms with Gasteiger partial charge in [0, 0.05) is 23.3 Å². The molecule has 0 bridgehead atoms. The van der Waals surface area contributed by atoms with Crippen LogP contribution in [0.1, 0.15) is 39.0 Å². The molecular formula is C22H25N5O4S. The summed E-state index contributed by atoms with van der Waals surface area (Å²) in [5, 5.41) is 0.530. The Labute approximate surface area is 187 Å². The Morgan fingerprint density at radius 1 is 1.12 bits per heavy atom. The van der Waals surface area contributed by atoms with Crippen molar-refractivity contribution in [1.29, 1.82) is 0 Å². The summed E-state index contributed by atoms with van der Waals surface area (Å²) in [5.41, 5.74) is 10.1. The minimum atomic E-state index is -4.35. The van der Waals surface area contributed by atoms with Gasteiger partial charge in [-0.05, 0) is 44.9 Å². The Morgan fingerprint density at radius 3 is 2.34 bits per heavy atom. The van der Waals surface area contributed by atoms with Crippen molar-refractivity contribution in [3.63, 3.8) is 0 Å². The Bertz CT molecular complexity index is 1290. The van der Waals surface area contributed by atoms with Crippen LogP contribution in [0.3, 0.4) is 0 Å². The van der Waals surface area contributed by atoms with Crippen LogP contribution in [0.5, 0.6) is 0 Å². The quantitative estimate of drug-likeness (QED) is 0.281. The van der Waals surface area contributed by atoms with E-state index >= 15 is 0 Å². The van der Waals surface area contributed by atoms with Crippen LogP contribution in [-0.2, 0) is 21.4 Å². The molecule has 0 amide bonds. The highest BCUT2D eigenvalue weighted by molar-refractivity contribution is 7.91. The minimum Gasteiger partial charge on any atom is -0.443 e. The topological polar surface area (TPSA) is 117 Å². The standard InChI is InChI=1S/C22H25N5O4S/c1-5-26(32(29,30)25-24-23)20-17-13-9-10-14-18(17)27(21(28)31-22(2,3)4)19(20)15-16-11-7-6-8-12-16/h6-14H,5,15H2,1-4H3. The molecule has 32 heavy (non-hydrogen) atoms. The predicted molar refractivity (Wildman–Crippen MR) is 124 cm³/mol. The molecule has 0 aliphatic rings. The summed E-state index contributed by atoms with van der Waals surface area (Å²) in [6.45, 7) is 6.93. The van der Waals surface area contributed by atoms with E-state index in [2.05, 4.69) is 9.43 Å². The van der Waals surface area contributed by atoms with Gasteiger partial charge < -0.3 is 4.74 Å². The van der Waals surface area contributed by atoms with Crippen LogP contribution < -0.4 is 4.31 Å². The van der Waals surface area contributed by atoms with Crippen molar-refractivity contribution in [2.24, 2.45) is 4.52 Å². The molecule has 0 fully saturated rings. The maximum atomic E-state index is 13.3. The number of carbonyl (C=O) groups excluding carboxylic acids is 1. The van der Waals surface area contributed by atoms with Crippen LogP contribution >= 0.6 is 0 Å². The van der Waals surface area contributed by atoms with Crippen LogP contribution in [0.15, 0.2) is 59.1 Å². The van der Waals surface area contributed by atoms with Crippen molar-refractivity contribution in [3.8, 4) is 0 Å². The van der Waals surface area contributed by atoms with Crippen LogP contribution in [0.4, 0.5) is 10.5 Å². The van der Waals surface area contributed by atoms with Gasteiger partial charge in [-0.15, -0.1) is 0 Å². The molecule has 0 aliphatic heterocycles. The molecule has 0 N–H and O–H groups in total. The molecule has 3 aromatic rings. The molecule has 0 saturated heterocycles. The van der Waals surface area contributed by atoms with Gasteiger partial charge in [0.05, 0.1) is 21.4 Å². The fourth-order valence-electron chi connectivity index (χ4n) is 3.55. The van der Waals surface area contributed by atoms with Crippen LogP contribution in [0.2, 0.25) is 0 Å². The van der Waals surface area contributed by atoms with Gasteiger partial charge in [0.25, 0.3) is 0 Å². The number of hydrogen-bond acceptors (Lipinski definition) is 4. The van der Waals surface area contributed by atoms with Crippen molar-refractivity contribution >= 4 is 32.9 Å². The lowest BCUT2D eigenvalue weighted by atomic mass is 10.1. The van der Waals surface area contributed by atoms with Gasteiger partial charge in [-0.2, -0.15) is 8.42 Å². The van der Waals surface area contributed by atoms with E-state index in [-0.39, 0.29) is 18.7 Å². The molecule has 2 aromatic carbocycles. The monoisotopic (exact) mass is 455 g/mol.